The first-order valence-corrected chi connectivity index (χ1v) is 8.06. The minimum atomic E-state index is -0.0201. The Hall–Kier alpha value is -2.29. The first-order chi connectivity index (χ1) is 11.0. The van der Waals surface area contributed by atoms with E-state index in [1.807, 2.05) is 50.2 Å². The third-order valence-corrected chi connectivity index (χ3v) is 3.81. The molecule has 23 heavy (non-hydrogen) atoms. The van der Waals surface area contributed by atoms with E-state index in [9.17, 15) is 4.79 Å². The summed E-state index contributed by atoms with van der Waals surface area (Å²) in [6, 6.07) is 14.0. The van der Waals surface area contributed by atoms with Crippen LogP contribution in [0.5, 0.6) is 5.75 Å². The minimum Gasteiger partial charge on any atom is -0.493 e. The number of carbonyl (C=O) groups excluding carboxylic acids is 1. The van der Waals surface area contributed by atoms with Gasteiger partial charge < -0.3 is 10.1 Å². The molecule has 2 aromatic rings. The average Bonchev–Trinajstić information content (AvgIpc) is 2.51. The van der Waals surface area contributed by atoms with Gasteiger partial charge in [-0.2, -0.15) is 0 Å². The van der Waals surface area contributed by atoms with Crippen LogP contribution in [0.1, 0.15) is 42.9 Å². The zero-order chi connectivity index (χ0) is 16.8. The van der Waals surface area contributed by atoms with Gasteiger partial charge in [0.25, 0.3) is 0 Å². The lowest BCUT2D eigenvalue weighted by Crippen LogP contribution is -2.17. The summed E-state index contributed by atoms with van der Waals surface area (Å²) in [4.78, 5) is 12.2. The second-order valence-corrected chi connectivity index (χ2v) is 6.15. The molecule has 0 saturated heterocycles. The molecular formula is C20H25NO2. The molecule has 122 valence electrons. The number of nitrogens with one attached hydrogen (secondary N) is 1. The van der Waals surface area contributed by atoms with E-state index in [1.165, 1.54) is 5.56 Å². The third kappa shape index (κ3) is 4.85. The highest BCUT2D eigenvalue weighted by Gasteiger charge is 2.12. The number of rotatable bonds is 6. The van der Waals surface area contributed by atoms with Crippen LogP contribution in [0.4, 0.5) is 5.69 Å². The maximum absolute atomic E-state index is 12.2. The Bertz CT molecular complexity index is 660. The number of hydrogen-bond donors (Lipinski definition) is 1. The smallest absolute Gasteiger partial charge is 0.227 e. The van der Waals surface area contributed by atoms with Gasteiger partial charge in [0.1, 0.15) is 5.75 Å². The minimum absolute atomic E-state index is 0.0201. The SMILES string of the molecule is Cc1ccc(OCCC(=O)Nc2c(C)cccc2C(C)C)cc1. The maximum Gasteiger partial charge on any atom is 0.227 e. The number of aryl methyl sites for hydroxylation is 2. The van der Waals surface area contributed by atoms with Crippen LogP contribution in [0.2, 0.25) is 0 Å². The molecule has 0 radical (unpaired) electrons. The van der Waals surface area contributed by atoms with Crippen molar-refractivity contribution in [3.05, 3.63) is 59.2 Å². The summed E-state index contributed by atoms with van der Waals surface area (Å²) in [6.07, 6.45) is 0.333. The predicted octanol–water partition coefficient (Wildman–Crippen LogP) is 4.83. The van der Waals surface area contributed by atoms with Crippen LogP contribution in [-0.2, 0) is 4.79 Å². The van der Waals surface area contributed by atoms with Crippen LogP contribution in [0.15, 0.2) is 42.5 Å². The van der Waals surface area contributed by atoms with E-state index in [4.69, 9.17) is 4.74 Å². The first-order valence-electron chi connectivity index (χ1n) is 8.06. The lowest BCUT2D eigenvalue weighted by molar-refractivity contribution is -0.116. The van der Waals surface area contributed by atoms with Gasteiger partial charge in [0.05, 0.1) is 13.0 Å². The van der Waals surface area contributed by atoms with Gasteiger partial charge in [0, 0.05) is 5.69 Å². The standard InChI is InChI=1S/C20H25NO2/c1-14(2)18-7-5-6-16(4)20(18)21-19(22)12-13-23-17-10-8-15(3)9-11-17/h5-11,14H,12-13H2,1-4H3,(H,21,22). The third-order valence-electron chi connectivity index (χ3n) is 3.81. The highest BCUT2D eigenvalue weighted by Crippen LogP contribution is 2.27. The fraction of sp³-hybridized carbons (Fsp3) is 0.350. The van der Waals surface area contributed by atoms with E-state index in [0.717, 1.165) is 22.6 Å². The van der Waals surface area contributed by atoms with E-state index in [2.05, 4.69) is 25.2 Å². The molecular weight excluding hydrogens is 286 g/mol. The van der Waals surface area contributed by atoms with Gasteiger partial charge in [-0.15, -0.1) is 0 Å². The molecule has 1 N–H and O–H groups in total. The zero-order valence-corrected chi connectivity index (χ0v) is 14.3. The van der Waals surface area contributed by atoms with Crippen molar-refractivity contribution in [2.75, 3.05) is 11.9 Å². The lowest BCUT2D eigenvalue weighted by atomic mass is 9.98. The summed E-state index contributed by atoms with van der Waals surface area (Å²) < 4.78 is 5.62. The summed E-state index contributed by atoms with van der Waals surface area (Å²) in [6.45, 7) is 8.68. The highest BCUT2D eigenvalue weighted by molar-refractivity contribution is 5.92. The Morgan fingerprint density at radius 2 is 1.78 bits per heavy atom. The molecule has 0 fully saturated rings. The van der Waals surface area contributed by atoms with Gasteiger partial charge in [-0.3, -0.25) is 4.79 Å². The molecule has 2 rings (SSSR count). The Morgan fingerprint density at radius 1 is 1.09 bits per heavy atom. The molecule has 3 heteroatoms. The number of hydrogen-bond acceptors (Lipinski definition) is 2. The average molecular weight is 311 g/mol. The van der Waals surface area contributed by atoms with E-state index in [1.54, 1.807) is 0 Å². The monoisotopic (exact) mass is 311 g/mol. The van der Waals surface area contributed by atoms with E-state index in [0.29, 0.717) is 18.9 Å². The van der Waals surface area contributed by atoms with Gasteiger partial charge in [-0.05, 0) is 43.0 Å². The molecule has 0 spiro atoms. The van der Waals surface area contributed by atoms with Crippen LogP contribution >= 0.6 is 0 Å². The molecule has 0 aliphatic carbocycles. The molecule has 0 aliphatic rings. The summed E-state index contributed by atoms with van der Waals surface area (Å²) in [7, 11) is 0. The van der Waals surface area contributed by atoms with Gasteiger partial charge in [0.2, 0.25) is 5.91 Å². The predicted molar refractivity (Wildman–Crippen MR) is 95.2 cm³/mol. The van der Waals surface area contributed by atoms with Crippen molar-refractivity contribution in [2.24, 2.45) is 0 Å². The van der Waals surface area contributed by atoms with Crippen molar-refractivity contribution in [3.63, 3.8) is 0 Å². The molecule has 2 aromatic carbocycles. The van der Waals surface area contributed by atoms with Crippen molar-refractivity contribution in [2.45, 2.75) is 40.0 Å². The van der Waals surface area contributed by atoms with Crippen LogP contribution in [-0.4, -0.2) is 12.5 Å². The van der Waals surface area contributed by atoms with Crippen LogP contribution in [0.3, 0.4) is 0 Å². The van der Waals surface area contributed by atoms with Crippen molar-refractivity contribution < 1.29 is 9.53 Å². The first kappa shape index (κ1) is 17.1. The zero-order valence-electron chi connectivity index (χ0n) is 14.3. The van der Waals surface area contributed by atoms with Crippen LogP contribution < -0.4 is 10.1 Å². The highest BCUT2D eigenvalue weighted by atomic mass is 16.5. The molecule has 1 amide bonds. The molecule has 0 saturated carbocycles. The van der Waals surface area contributed by atoms with Crippen molar-refractivity contribution in [3.8, 4) is 5.75 Å². The van der Waals surface area contributed by atoms with Gasteiger partial charge in [-0.1, -0.05) is 49.7 Å². The Balaban J connectivity index is 1.91. The van der Waals surface area contributed by atoms with Crippen LogP contribution in [0.25, 0.3) is 0 Å². The molecule has 0 heterocycles. The van der Waals surface area contributed by atoms with E-state index in [-0.39, 0.29) is 5.91 Å². The fourth-order valence-electron chi connectivity index (χ4n) is 2.44. The largest absolute Gasteiger partial charge is 0.493 e. The molecule has 0 unspecified atom stereocenters. The van der Waals surface area contributed by atoms with Crippen LogP contribution in [0, 0.1) is 13.8 Å². The molecule has 0 atom stereocenters. The quantitative estimate of drug-likeness (QED) is 0.829. The Kier molecular flexibility index (Phi) is 5.80. The summed E-state index contributed by atoms with van der Waals surface area (Å²) >= 11 is 0. The number of para-hydroxylation sites is 1. The second-order valence-electron chi connectivity index (χ2n) is 6.15. The molecule has 0 bridgehead atoms. The summed E-state index contributed by atoms with van der Waals surface area (Å²) in [5, 5.41) is 3.04. The van der Waals surface area contributed by atoms with Crippen molar-refractivity contribution >= 4 is 11.6 Å². The molecule has 0 aromatic heterocycles. The number of ether oxygens (including phenoxy) is 1. The Labute approximate surface area is 138 Å². The summed E-state index contributed by atoms with van der Waals surface area (Å²) in [5.74, 6) is 1.14. The van der Waals surface area contributed by atoms with Crippen molar-refractivity contribution in [1.82, 2.24) is 0 Å². The number of benzene rings is 2. The van der Waals surface area contributed by atoms with Crippen molar-refractivity contribution in [1.29, 1.82) is 0 Å². The Morgan fingerprint density at radius 3 is 2.43 bits per heavy atom. The topological polar surface area (TPSA) is 38.3 Å². The number of anilines is 1. The fourth-order valence-corrected chi connectivity index (χ4v) is 2.44. The van der Waals surface area contributed by atoms with E-state index < -0.39 is 0 Å². The second kappa shape index (κ2) is 7.82. The van der Waals surface area contributed by atoms with Gasteiger partial charge in [0.15, 0.2) is 0 Å². The molecule has 3 nitrogen and oxygen atoms in total. The van der Waals surface area contributed by atoms with E-state index >= 15 is 0 Å². The van der Waals surface area contributed by atoms with Gasteiger partial charge in [-0.25, -0.2) is 0 Å². The summed E-state index contributed by atoms with van der Waals surface area (Å²) in [5.41, 5.74) is 4.38. The maximum atomic E-state index is 12.2. The normalized spacial score (nSPS) is 10.7. The van der Waals surface area contributed by atoms with Gasteiger partial charge >= 0.3 is 0 Å². The number of carbonyl (C=O) groups is 1. The molecule has 0 aliphatic heterocycles. The number of amides is 1. The lowest BCUT2D eigenvalue weighted by Gasteiger charge is -2.16.